The normalized spacial score (nSPS) is 14.1. The molecule has 9 heteroatoms. The predicted octanol–water partition coefficient (Wildman–Crippen LogP) is 3.04. The molecular formula is C12H11F3N2O2S2. The highest BCUT2D eigenvalue weighted by Gasteiger charge is 2.39. The Morgan fingerprint density at radius 2 is 1.95 bits per heavy atom. The summed E-state index contributed by atoms with van der Waals surface area (Å²) < 4.78 is 63.6. The second-order valence-electron chi connectivity index (χ2n) is 4.25. The van der Waals surface area contributed by atoms with Crippen LogP contribution in [0.1, 0.15) is 6.92 Å². The highest BCUT2D eigenvalue weighted by molar-refractivity contribution is 7.89. The van der Waals surface area contributed by atoms with Crippen LogP contribution in [0.25, 0.3) is 10.4 Å². The summed E-state index contributed by atoms with van der Waals surface area (Å²) in [6.45, 7) is 0.757. The number of nitrogens with one attached hydrogen (secondary N) is 1. The van der Waals surface area contributed by atoms with Gasteiger partial charge in [-0.3, -0.25) is 4.98 Å². The van der Waals surface area contributed by atoms with Gasteiger partial charge in [0.25, 0.3) is 0 Å². The molecule has 0 saturated heterocycles. The Hall–Kier alpha value is -1.45. The number of aromatic nitrogens is 1. The summed E-state index contributed by atoms with van der Waals surface area (Å²) in [4.78, 5) is 4.21. The van der Waals surface area contributed by atoms with E-state index in [4.69, 9.17) is 0 Å². The molecule has 1 aromatic heterocycles. The fraction of sp³-hybridized carbons (Fsp3) is 0.250. The van der Waals surface area contributed by atoms with Crippen molar-refractivity contribution in [3.63, 3.8) is 0 Å². The first-order valence-electron chi connectivity index (χ1n) is 5.79. The molecule has 1 atom stereocenters. The monoisotopic (exact) mass is 336 g/mol. The maximum atomic E-state index is 12.5. The minimum Gasteiger partial charge on any atom is -0.252 e. The third-order valence-corrected chi connectivity index (χ3v) is 5.10. The largest absolute Gasteiger partial charge is 0.404 e. The Balaban J connectivity index is 2.42. The maximum Gasteiger partial charge on any atom is 0.404 e. The van der Waals surface area contributed by atoms with E-state index in [-0.39, 0.29) is 4.90 Å². The Morgan fingerprint density at radius 3 is 2.52 bits per heavy atom. The fourth-order valence-corrected chi connectivity index (χ4v) is 3.79. The SMILES string of the molecule is C[C@H](NS(=O)(=O)c1ccccc1-c1cncs1)C(F)(F)F. The van der Waals surface area contributed by atoms with Crippen molar-refractivity contribution in [1.82, 2.24) is 9.71 Å². The van der Waals surface area contributed by atoms with E-state index < -0.39 is 22.2 Å². The number of sulfonamides is 1. The molecule has 0 unspecified atom stereocenters. The molecule has 2 rings (SSSR count). The summed E-state index contributed by atoms with van der Waals surface area (Å²) >= 11 is 1.21. The van der Waals surface area contributed by atoms with Gasteiger partial charge in [0.05, 0.1) is 15.3 Å². The van der Waals surface area contributed by atoms with Crippen molar-refractivity contribution in [2.24, 2.45) is 0 Å². The van der Waals surface area contributed by atoms with Crippen LogP contribution in [0.2, 0.25) is 0 Å². The quantitative estimate of drug-likeness (QED) is 0.934. The van der Waals surface area contributed by atoms with Crippen LogP contribution in [0.3, 0.4) is 0 Å². The predicted molar refractivity (Wildman–Crippen MR) is 73.4 cm³/mol. The summed E-state index contributed by atoms with van der Waals surface area (Å²) in [5, 5.41) is 0. The Bertz CT molecular complexity index is 712. The van der Waals surface area contributed by atoms with Crippen molar-refractivity contribution in [1.29, 1.82) is 0 Å². The second kappa shape index (κ2) is 5.74. The van der Waals surface area contributed by atoms with Crippen molar-refractivity contribution in [3.8, 4) is 10.4 Å². The lowest BCUT2D eigenvalue weighted by atomic mass is 10.2. The first-order valence-corrected chi connectivity index (χ1v) is 8.15. The van der Waals surface area contributed by atoms with Gasteiger partial charge in [0.1, 0.15) is 6.04 Å². The van der Waals surface area contributed by atoms with Crippen LogP contribution >= 0.6 is 11.3 Å². The zero-order valence-electron chi connectivity index (χ0n) is 10.8. The molecule has 0 aliphatic carbocycles. The molecule has 21 heavy (non-hydrogen) atoms. The Labute approximate surface area is 123 Å². The van der Waals surface area contributed by atoms with E-state index in [1.807, 2.05) is 0 Å². The van der Waals surface area contributed by atoms with Crippen molar-refractivity contribution in [2.45, 2.75) is 24.0 Å². The van der Waals surface area contributed by atoms with Crippen molar-refractivity contribution < 1.29 is 21.6 Å². The van der Waals surface area contributed by atoms with E-state index >= 15 is 0 Å². The summed E-state index contributed by atoms with van der Waals surface area (Å²) in [5.41, 5.74) is 1.84. The molecule has 0 aliphatic heterocycles. The molecule has 0 amide bonds. The van der Waals surface area contributed by atoms with Crippen molar-refractivity contribution in [3.05, 3.63) is 36.0 Å². The van der Waals surface area contributed by atoms with Crippen LogP contribution < -0.4 is 4.72 Å². The number of halogens is 3. The zero-order chi connectivity index (χ0) is 15.7. The topological polar surface area (TPSA) is 59.1 Å². The van der Waals surface area contributed by atoms with Gasteiger partial charge < -0.3 is 0 Å². The van der Waals surface area contributed by atoms with E-state index in [1.54, 1.807) is 10.8 Å². The number of benzene rings is 1. The Kier molecular flexibility index (Phi) is 4.35. The highest BCUT2D eigenvalue weighted by atomic mass is 32.2. The molecule has 0 radical (unpaired) electrons. The molecule has 1 aromatic carbocycles. The number of nitrogens with zero attached hydrogens (tertiary/aromatic N) is 1. The van der Waals surface area contributed by atoms with Gasteiger partial charge in [-0.15, -0.1) is 11.3 Å². The summed E-state index contributed by atoms with van der Waals surface area (Å²) in [6.07, 6.45) is -3.18. The van der Waals surface area contributed by atoms with E-state index in [1.165, 1.54) is 41.2 Å². The van der Waals surface area contributed by atoms with Gasteiger partial charge in [-0.05, 0) is 13.0 Å². The lowest BCUT2D eigenvalue weighted by molar-refractivity contribution is -0.147. The molecule has 0 bridgehead atoms. The molecule has 0 spiro atoms. The van der Waals surface area contributed by atoms with Crippen LogP contribution in [0.5, 0.6) is 0 Å². The lowest BCUT2D eigenvalue weighted by Gasteiger charge is -2.18. The van der Waals surface area contributed by atoms with E-state index in [9.17, 15) is 21.6 Å². The van der Waals surface area contributed by atoms with E-state index in [0.29, 0.717) is 10.4 Å². The maximum absolute atomic E-state index is 12.5. The van der Waals surface area contributed by atoms with Crippen LogP contribution in [-0.4, -0.2) is 25.6 Å². The van der Waals surface area contributed by atoms with Gasteiger partial charge >= 0.3 is 6.18 Å². The number of thiazole rings is 1. The first kappa shape index (κ1) is 15.9. The number of hydrogen-bond acceptors (Lipinski definition) is 4. The van der Waals surface area contributed by atoms with Gasteiger partial charge in [0.2, 0.25) is 10.0 Å². The standard InChI is InChI=1S/C12H11F3N2O2S2/c1-8(12(13,14)15)17-21(18,19)11-5-3-2-4-9(11)10-6-16-7-20-10/h2-8,17H,1H3/t8-/m0/s1. The average Bonchev–Trinajstić information content (AvgIpc) is 2.91. The van der Waals surface area contributed by atoms with Gasteiger partial charge in [-0.25, -0.2) is 8.42 Å². The fourth-order valence-electron chi connectivity index (χ4n) is 1.62. The molecule has 0 saturated carbocycles. The summed E-state index contributed by atoms with van der Waals surface area (Å²) in [7, 11) is -4.29. The second-order valence-corrected chi connectivity index (χ2v) is 6.82. The lowest BCUT2D eigenvalue weighted by Crippen LogP contribution is -2.43. The van der Waals surface area contributed by atoms with Crippen LogP contribution in [0, 0.1) is 0 Å². The molecular weight excluding hydrogens is 325 g/mol. The van der Waals surface area contributed by atoms with Crippen LogP contribution in [0.4, 0.5) is 13.2 Å². The van der Waals surface area contributed by atoms with E-state index in [2.05, 4.69) is 4.98 Å². The molecule has 4 nitrogen and oxygen atoms in total. The number of hydrogen-bond donors (Lipinski definition) is 1. The van der Waals surface area contributed by atoms with Crippen molar-refractivity contribution >= 4 is 21.4 Å². The third-order valence-electron chi connectivity index (χ3n) is 2.70. The zero-order valence-corrected chi connectivity index (χ0v) is 12.4. The molecule has 0 fully saturated rings. The molecule has 1 heterocycles. The summed E-state index contributed by atoms with van der Waals surface area (Å²) in [6, 6.07) is 3.69. The molecule has 114 valence electrons. The van der Waals surface area contributed by atoms with Crippen molar-refractivity contribution in [2.75, 3.05) is 0 Å². The van der Waals surface area contributed by atoms with Gasteiger partial charge in [-0.2, -0.15) is 17.9 Å². The van der Waals surface area contributed by atoms with Gasteiger partial charge in [0.15, 0.2) is 0 Å². The van der Waals surface area contributed by atoms with Gasteiger partial charge in [0, 0.05) is 11.8 Å². The summed E-state index contributed by atoms with van der Waals surface area (Å²) in [5.74, 6) is 0. The van der Waals surface area contributed by atoms with Crippen LogP contribution in [0.15, 0.2) is 40.9 Å². The highest BCUT2D eigenvalue weighted by Crippen LogP contribution is 2.30. The number of rotatable bonds is 4. The molecule has 1 N–H and O–H groups in total. The van der Waals surface area contributed by atoms with E-state index in [0.717, 1.165) is 6.92 Å². The minimum atomic E-state index is -4.65. The van der Waals surface area contributed by atoms with Crippen LogP contribution in [-0.2, 0) is 10.0 Å². The first-order chi connectivity index (χ1) is 9.72. The molecule has 0 aliphatic rings. The van der Waals surface area contributed by atoms with Gasteiger partial charge in [-0.1, -0.05) is 18.2 Å². The third kappa shape index (κ3) is 3.60. The smallest absolute Gasteiger partial charge is 0.252 e. The average molecular weight is 336 g/mol. The molecule has 2 aromatic rings. The Morgan fingerprint density at radius 1 is 1.29 bits per heavy atom. The minimum absolute atomic E-state index is 0.203. The number of alkyl halides is 3.